The van der Waals surface area contributed by atoms with Gasteiger partial charge in [-0.1, -0.05) is 13.3 Å². The van der Waals surface area contributed by atoms with Crippen LogP contribution in [0.3, 0.4) is 0 Å². The molecule has 0 aliphatic rings. The molecule has 0 amide bonds. The molecule has 0 spiro atoms. The van der Waals surface area contributed by atoms with Crippen molar-refractivity contribution < 1.29 is 19.0 Å². The Morgan fingerprint density at radius 2 is 1.83 bits per heavy atom. The fraction of sp³-hybridized carbons (Fsp3) is 0.500. The highest BCUT2D eigenvalue weighted by Gasteiger charge is 2.06. The van der Waals surface area contributed by atoms with E-state index in [0.717, 1.165) is 18.6 Å². The van der Waals surface area contributed by atoms with Gasteiger partial charge in [0.2, 0.25) is 0 Å². The summed E-state index contributed by atoms with van der Waals surface area (Å²) in [7, 11) is 1.62. The van der Waals surface area contributed by atoms with Crippen molar-refractivity contribution in [1.82, 2.24) is 0 Å². The van der Waals surface area contributed by atoms with Gasteiger partial charge in [0.25, 0.3) is 0 Å². The van der Waals surface area contributed by atoms with Crippen LogP contribution < -0.4 is 4.74 Å². The van der Waals surface area contributed by atoms with Crippen LogP contribution in [-0.4, -0.2) is 32.9 Å². The van der Waals surface area contributed by atoms with Crippen molar-refractivity contribution in [3.8, 4) is 5.75 Å². The third-order valence-corrected chi connectivity index (χ3v) is 2.38. The average Bonchev–Trinajstić information content (AvgIpc) is 2.40. The highest BCUT2D eigenvalue weighted by molar-refractivity contribution is 5.89. The Morgan fingerprint density at radius 1 is 1.11 bits per heavy atom. The van der Waals surface area contributed by atoms with Gasteiger partial charge in [-0.15, -0.1) is 0 Å². The number of carbonyl (C=O) groups excluding carboxylic acids is 1. The number of hydrogen-bond acceptors (Lipinski definition) is 4. The SMILES string of the molecule is CCCCOC(=O)c1ccc(OCCOC)cc1. The number of rotatable bonds is 8. The van der Waals surface area contributed by atoms with Crippen LogP contribution in [0.5, 0.6) is 5.75 Å². The minimum atomic E-state index is -0.285. The van der Waals surface area contributed by atoms with Crippen molar-refractivity contribution in [1.29, 1.82) is 0 Å². The van der Waals surface area contributed by atoms with Gasteiger partial charge in [0, 0.05) is 7.11 Å². The molecule has 0 heterocycles. The van der Waals surface area contributed by atoms with Crippen LogP contribution in [-0.2, 0) is 9.47 Å². The molecule has 4 nitrogen and oxygen atoms in total. The molecule has 0 aromatic heterocycles. The fourth-order valence-electron chi connectivity index (χ4n) is 1.32. The lowest BCUT2D eigenvalue weighted by atomic mass is 10.2. The quantitative estimate of drug-likeness (QED) is 0.527. The predicted octanol–water partition coefficient (Wildman–Crippen LogP) is 2.67. The zero-order valence-corrected chi connectivity index (χ0v) is 11.0. The summed E-state index contributed by atoms with van der Waals surface area (Å²) in [6.07, 6.45) is 1.91. The van der Waals surface area contributed by atoms with Gasteiger partial charge in [0.15, 0.2) is 0 Å². The maximum absolute atomic E-state index is 11.6. The number of unbranched alkanes of at least 4 members (excludes halogenated alkanes) is 1. The Labute approximate surface area is 108 Å². The summed E-state index contributed by atoms with van der Waals surface area (Å²) in [5.74, 6) is 0.434. The Balaban J connectivity index is 2.41. The minimum Gasteiger partial charge on any atom is -0.491 e. The van der Waals surface area contributed by atoms with Crippen molar-refractivity contribution in [2.75, 3.05) is 26.9 Å². The molecule has 0 radical (unpaired) electrons. The van der Waals surface area contributed by atoms with Crippen LogP contribution >= 0.6 is 0 Å². The molecule has 0 saturated carbocycles. The molecular formula is C14H20O4. The van der Waals surface area contributed by atoms with E-state index in [9.17, 15) is 4.79 Å². The Kier molecular flexibility index (Phi) is 6.87. The highest BCUT2D eigenvalue weighted by atomic mass is 16.5. The van der Waals surface area contributed by atoms with Crippen molar-refractivity contribution in [2.45, 2.75) is 19.8 Å². The number of carbonyl (C=O) groups is 1. The first kappa shape index (κ1) is 14.5. The number of ether oxygens (including phenoxy) is 3. The Hall–Kier alpha value is -1.55. The van der Waals surface area contributed by atoms with Crippen LogP contribution in [0.25, 0.3) is 0 Å². The van der Waals surface area contributed by atoms with Gasteiger partial charge in [0.1, 0.15) is 12.4 Å². The van der Waals surface area contributed by atoms with Crippen molar-refractivity contribution in [2.24, 2.45) is 0 Å². The molecule has 18 heavy (non-hydrogen) atoms. The fourth-order valence-corrected chi connectivity index (χ4v) is 1.32. The van der Waals surface area contributed by atoms with Gasteiger partial charge < -0.3 is 14.2 Å². The second kappa shape index (κ2) is 8.53. The molecule has 0 fully saturated rings. The van der Waals surface area contributed by atoms with E-state index in [4.69, 9.17) is 14.2 Å². The second-order valence-electron chi connectivity index (χ2n) is 3.86. The highest BCUT2D eigenvalue weighted by Crippen LogP contribution is 2.13. The first-order valence-electron chi connectivity index (χ1n) is 6.17. The third kappa shape index (κ3) is 5.19. The molecule has 0 saturated heterocycles. The van der Waals surface area contributed by atoms with Crippen LogP contribution in [0.1, 0.15) is 30.1 Å². The summed E-state index contributed by atoms with van der Waals surface area (Å²) >= 11 is 0. The molecular weight excluding hydrogens is 232 g/mol. The molecule has 1 aromatic rings. The van der Waals surface area contributed by atoms with E-state index >= 15 is 0 Å². The minimum absolute atomic E-state index is 0.285. The average molecular weight is 252 g/mol. The lowest BCUT2D eigenvalue weighted by Crippen LogP contribution is -2.07. The summed E-state index contributed by atoms with van der Waals surface area (Å²) in [5.41, 5.74) is 0.546. The van der Waals surface area contributed by atoms with Gasteiger partial charge in [-0.25, -0.2) is 4.79 Å². The molecule has 1 aromatic carbocycles. The molecule has 0 unspecified atom stereocenters. The zero-order valence-electron chi connectivity index (χ0n) is 11.0. The van der Waals surface area contributed by atoms with E-state index in [1.54, 1.807) is 31.4 Å². The van der Waals surface area contributed by atoms with E-state index in [1.165, 1.54) is 0 Å². The predicted molar refractivity (Wildman–Crippen MR) is 69.0 cm³/mol. The van der Waals surface area contributed by atoms with E-state index in [0.29, 0.717) is 25.4 Å². The van der Waals surface area contributed by atoms with E-state index in [2.05, 4.69) is 6.92 Å². The van der Waals surface area contributed by atoms with Crippen LogP contribution in [0.15, 0.2) is 24.3 Å². The Morgan fingerprint density at radius 3 is 2.44 bits per heavy atom. The van der Waals surface area contributed by atoms with Crippen molar-refractivity contribution >= 4 is 5.97 Å². The van der Waals surface area contributed by atoms with Crippen LogP contribution in [0.4, 0.5) is 0 Å². The normalized spacial score (nSPS) is 10.1. The van der Waals surface area contributed by atoms with Gasteiger partial charge in [0.05, 0.1) is 18.8 Å². The molecule has 0 N–H and O–H groups in total. The number of hydrogen-bond donors (Lipinski definition) is 0. The van der Waals surface area contributed by atoms with Crippen molar-refractivity contribution in [3.63, 3.8) is 0 Å². The summed E-state index contributed by atoms with van der Waals surface area (Å²) in [5, 5.41) is 0. The smallest absolute Gasteiger partial charge is 0.338 e. The lowest BCUT2D eigenvalue weighted by molar-refractivity contribution is 0.0499. The van der Waals surface area contributed by atoms with Crippen LogP contribution in [0.2, 0.25) is 0 Å². The third-order valence-electron chi connectivity index (χ3n) is 2.38. The lowest BCUT2D eigenvalue weighted by Gasteiger charge is -2.07. The summed E-state index contributed by atoms with van der Waals surface area (Å²) in [6, 6.07) is 6.92. The molecule has 1 rings (SSSR count). The monoisotopic (exact) mass is 252 g/mol. The second-order valence-corrected chi connectivity index (χ2v) is 3.86. The molecule has 0 bridgehead atoms. The summed E-state index contributed by atoms with van der Waals surface area (Å²) in [6.45, 7) is 3.57. The van der Waals surface area contributed by atoms with Gasteiger partial charge in [-0.2, -0.15) is 0 Å². The topological polar surface area (TPSA) is 44.8 Å². The molecule has 0 aliphatic heterocycles. The summed E-state index contributed by atoms with van der Waals surface area (Å²) in [4.78, 5) is 11.6. The number of benzene rings is 1. The van der Waals surface area contributed by atoms with E-state index < -0.39 is 0 Å². The first-order chi connectivity index (χ1) is 8.77. The molecule has 4 heteroatoms. The molecule has 0 atom stereocenters. The summed E-state index contributed by atoms with van der Waals surface area (Å²) < 4.78 is 15.4. The number of esters is 1. The van der Waals surface area contributed by atoms with Gasteiger partial charge >= 0.3 is 5.97 Å². The van der Waals surface area contributed by atoms with E-state index in [1.807, 2.05) is 0 Å². The van der Waals surface area contributed by atoms with Gasteiger partial charge in [-0.3, -0.25) is 0 Å². The van der Waals surface area contributed by atoms with Crippen molar-refractivity contribution in [3.05, 3.63) is 29.8 Å². The van der Waals surface area contributed by atoms with Gasteiger partial charge in [-0.05, 0) is 30.7 Å². The largest absolute Gasteiger partial charge is 0.491 e. The Bertz CT molecular complexity index is 345. The zero-order chi connectivity index (χ0) is 13.2. The standard InChI is InChI=1S/C14H20O4/c1-3-4-9-18-14(15)12-5-7-13(8-6-12)17-11-10-16-2/h5-8H,3-4,9-11H2,1-2H3. The first-order valence-corrected chi connectivity index (χ1v) is 6.17. The maximum atomic E-state index is 11.6. The van der Waals surface area contributed by atoms with Crippen LogP contribution in [0, 0.1) is 0 Å². The van der Waals surface area contributed by atoms with E-state index in [-0.39, 0.29) is 5.97 Å². The molecule has 0 aliphatic carbocycles. The number of methoxy groups -OCH3 is 1. The maximum Gasteiger partial charge on any atom is 0.338 e. The molecule has 100 valence electrons.